The average Bonchev–Trinajstić information content (AvgIpc) is 2.53. The number of hydrogen-bond donors (Lipinski definition) is 1. The fourth-order valence-electron chi connectivity index (χ4n) is 4.09. The van der Waals surface area contributed by atoms with Gasteiger partial charge in [0.2, 0.25) is 0 Å². The molecule has 1 aliphatic carbocycles. The van der Waals surface area contributed by atoms with Gasteiger partial charge in [0.15, 0.2) is 0 Å². The second-order valence-electron chi connectivity index (χ2n) is 6.54. The number of nitrogens with zero attached hydrogens (tertiary/aromatic N) is 1. The molecule has 0 aromatic rings. The molecule has 106 valence electrons. The Morgan fingerprint density at radius 1 is 0.833 bits per heavy atom. The molecule has 3 fully saturated rings. The first-order valence-corrected chi connectivity index (χ1v) is 7.88. The number of rotatable bonds is 2. The third-order valence-electron chi connectivity index (χ3n) is 5.10. The summed E-state index contributed by atoms with van der Waals surface area (Å²) >= 11 is 0. The molecule has 18 heavy (non-hydrogen) atoms. The van der Waals surface area contributed by atoms with Crippen LogP contribution in [0.1, 0.15) is 57.8 Å². The van der Waals surface area contributed by atoms with Crippen LogP contribution in [0.25, 0.3) is 0 Å². The zero-order chi connectivity index (χ0) is 11.5. The smallest absolute Gasteiger partial charge is 0.0198 e. The highest BCUT2D eigenvalue weighted by atomic mass is 35.5. The average molecular weight is 273 g/mol. The van der Waals surface area contributed by atoms with Crippen LogP contribution in [-0.2, 0) is 0 Å². The van der Waals surface area contributed by atoms with Crippen molar-refractivity contribution in [2.45, 2.75) is 69.9 Å². The van der Waals surface area contributed by atoms with Crippen LogP contribution >= 0.6 is 12.4 Å². The highest BCUT2D eigenvalue weighted by molar-refractivity contribution is 5.85. The van der Waals surface area contributed by atoms with Crippen molar-refractivity contribution in [2.75, 3.05) is 19.6 Å². The lowest BCUT2D eigenvalue weighted by Gasteiger charge is -2.28. The highest BCUT2D eigenvalue weighted by Crippen LogP contribution is 2.26. The van der Waals surface area contributed by atoms with E-state index in [1.807, 2.05) is 0 Å². The van der Waals surface area contributed by atoms with E-state index in [1.54, 1.807) is 0 Å². The summed E-state index contributed by atoms with van der Waals surface area (Å²) < 4.78 is 0. The summed E-state index contributed by atoms with van der Waals surface area (Å²) in [7, 11) is 0. The molecule has 2 bridgehead atoms. The lowest BCUT2D eigenvalue weighted by atomic mass is 9.98. The van der Waals surface area contributed by atoms with Gasteiger partial charge in [-0.1, -0.05) is 25.7 Å². The fraction of sp³-hybridized carbons (Fsp3) is 1.00. The van der Waals surface area contributed by atoms with E-state index in [0.717, 1.165) is 18.0 Å². The number of likely N-dealkylation sites (tertiary alicyclic amines) is 1. The number of halogens is 1. The van der Waals surface area contributed by atoms with Crippen LogP contribution < -0.4 is 5.32 Å². The van der Waals surface area contributed by atoms with Gasteiger partial charge >= 0.3 is 0 Å². The maximum absolute atomic E-state index is 3.79. The highest BCUT2D eigenvalue weighted by Gasteiger charge is 2.29. The summed E-state index contributed by atoms with van der Waals surface area (Å²) in [6.45, 7) is 4.07. The first-order valence-electron chi connectivity index (χ1n) is 7.88. The zero-order valence-corrected chi connectivity index (χ0v) is 12.4. The van der Waals surface area contributed by atoms with Crippen molar-refractivity contribution in [3.05, 3.63) is 0 Å². The maximum Gasteiger partial charge on any atom is 0.0198 e. The second kappa shape index (κ2) is 7.12. The van der Waals surface area contributed by atoms with Crippen molar-refractivity contribution < 1.29 is 0 Å². The lowest BCUT2D eigenvalue weighted by molar-refractivity contribution is 0.209. The van der Waals surface area contributed by atoms with Gasteiger partial charge in [0.05, 0.1) is 0 Å². The molecule has 1 saturated carbocycles. The first-order chi connectivity index (χ1) is 8.40. The van der Waals surface area contributed by atoms with Crippen molar-refractivity contribution in [1.82, 2.24) is 10.2 Å². The van der Waals surface area contributed by atoms with E-state index in [2.05, 4.69) is 10.2 Å². The Bertz CT molecular complexity index is 239. The van der Waals surface area contributed by atoms with Crippen LogP contribution in [0, 0.1) is 5.92 Å². The van der Waals surface area contributed by atoms with E-state index >= 15 is 0 Å². The maximum atomic E-state index is 3.79. The summed E-state index contributed by atoms with van der Waals surface area (Å²) in [6, 6.07) is 1.66. The first kappa shape index (κ1) is 14.6. The van der Waals surface area contributed by atoms with Crippen LogP contribution in [-0.4, -0.2) is 36.6 Å². The van der Waals surface area contributed by atoms with Crippen molar-refractivity contribution in [2.24, 2.45) is 5.92 Å². The number of nitrogens with one attached hydrogen (secondary N) is 1. The molecule has 2 nitrogen and oxygen atoms in total. The van der Waals surface area contributed by atoms with Gasteiger partial charge < -0.3 is 10.2 Å². The summed E-state index contributed by atoms with van der Waals surface area (Å²) in [4.78, 5) is 2.77. The van der Waals surface area contributed by atoms with Crippen LogP contribution in [0.4, 0.5) is 0 Å². The standard InChI is InChI=1S/C15H28N2.ClH/c1-2-4-6-13(5-3-1)11-17-10-9-14-7-8-15(12-17)16-14;/h13-16H,1-12H2;1H. The Morgan fingerprint density at radius 2 is 1.56 bits per heavy atom. The molecule has 0 aromatic carbocycles. The molecular weight excluding hydrogens is 244 g/mol. The largest absolute Gasteiger partial charge is 0.310 e. The lowest BCUT2D eigenvalue weighted by Crippen LogP contribution is -2.37. The molecule has 2 aliphatic heterocycles. The van der Waals surface area contributed by atoms with E-state index in [9.17, 15) is 0 Å². The third kappa shape index (κ3) is 3.85. The van der Waals surface area contributed by atoms with Crippen LogP contribution in [0.2, 0.25) is 0 Å². The molecule has 2 atom stereocenters. The molecule has 3 rings (SSSR count). The number of fused-ring (bicyclic) bond motifs is 2. The van der Waals surface area contributed by atoms with Crippen LogP contribution in [0.15, 0.2) is 0 Å². The van der Waals surface area contributed by atoms with Gasteiger partial charge in [-0.2, -0.15) is 0 Å². The van der Waals surface area contributed by atoms with E-state index in [0.29, 0.717) is 0 Å². The molecule has 0 radical (unpaired) electrons. The molecule has 0 spiro atoms. The molecule has 1 N–H and O–H groups in total. The van der Waals surface area contributed by atoms with Crippen LogP contribution in [0.3, 0.4) is 0 Å². The summed E-state index contributed by atoms with van der Waals surface area (Å²) in [5, 5.41) is 3.79. The summed E-state index contributed by atoms with van der Waals surface area (Å²) in [6.07, 6.45) is 13.2. The monoisotopic (exact) mass is 272 g/mol. The molecule has 3 heteroatoms. The summed E-state index contributed by atoms with van der Waals surface area (Å²) in [5.41, 5.74) is 0. The second-order valence-corrected chi connectivity index (χ2v) is 6.54. The fourth-order valence-corrected chi connectivity index (χ4v) is 4.09. The minimum atomic E-state index is 0. The van der Waals surface area contributed by atoms with Gasteiger partial charge in [-0.25, -0.2) is 0 Å². The van der Waals surface area contributed by atoms with E-state index in [1.165, 1.54) is 77.4 Å². The molecule has 2 unspecified atom stereocenters. The Balaban J connectivity index is 0.00000120. The van der Waals surface area contributed by atoms with Crippen molar-refractivity contribution >= 4 is 12.4 Å². The Kier molecular flexibility index (Phi) is 5.78. The molecule has 3 aliphatic rings. The van der Waals surface area contributed by atoms with Crippen molar-refractivity contribution in [3.63, 3.8) is 0 Å². The normalized spacial score (nSPS) is 34.7. The van der Waals surface area contributed by atoms with Gasteiger partial charge in [-0.15, -0.1) is 12.4 Å². The third-order valence-corrected chi connectivity index (χ3v) is 5.10. The van der Waals surface area contributed by atoms with Gasteiger partial charge in [0.25, 0.3) is 0 Å². The Labute approximate surface area is 118 Å². The quantitative estimate of drug-likeness (QED) is 0.777. The SMILES string of the molecule is C1CCCC(CN2CCC3CCC(C2)N3)CC1.Cl. The minimum absolute atomic E-state index is 0. The minimum Gasteiger partial charge on any atom is -0.310 e. The van der Waals surface area contributed by atoms with Gasteiger partial charge in [-0.3, -0.25) is 0 Å². The summed E-state index contributed by atoms with van der Waals surface area (Å²) in [5.74, 6) is 1.01. The predicted molar refractivity (Wildman–Crippen MR) is 79.4 cm³/mol. The topological polar surface area (TPSA) is 15.3 Å². The Morgan fingerprint density at radius 3 is 2.33 bits per heavy atom. The van der Waals surface area contributed by atoms with Crippen molar-refractivity contribution in [3.8, 4) is 0 Å². The van der Waals surface area contributed by atoms with Gasteiger partial charge in [-0.05, 0) is 44.6 Å². The van der Waals surface area contributed by atoms with Crippen molar-refractivity contribution in [1.29, 1.82) is 0 Å². The van der Waals surface area contributed by atoms with Gasteiger partial charge in [0.1, 0.15) is 0 Å². The predicted octanol–water partition coefficient (Wildman–Crippen LogP) is 3.20. The molecule has 0 amide bonds. The van der Waals surface area contributed by atoms with Crippen LogP contribution in [0.5, 0.6) is 0 Å². The van der Waals surface area contributed by atoms with E-state index in [-0.39, 0.29) is 12.4 Å². The van der Waals surface area contributed by atoms with E-state index < -0.39 is 0 Å². The molecule has 2 heterocycles. The molecular formula is C15H29ClN2. The zero-order valence-electron chi connectivity index (χ0n) is 11.6. The molecule has 0 aromatic heterocycles. The molecule has 2 saturated heterocycles. The Hall–Kier alpha value is 0.210. The number of hydrogen-bond acceptors (Lipinski definition) is 2. The van der Waals surface area contributed by atoms with E-state index in [4.69, 9.17) is 0 Å². The van der Waals surface area contributed by atoms with Gasteiger partial charge in [0, 0.05) is 25.2 Å².